The number of hydrogen-bond acceptors (Lipinski definition) is 5. The molecule has 4 rings (SSSR count). The van der Waals surface area contributed by atoms with Gasteiger partial charge in [0.15, 0.2) is 5.52 Å². The first-order valence-corrected chi connectivity index (χ1v) is 8.83. The summed E-state index contributed by atoms with van der Waals surface area (Å²) >= 11 is 0. The highest BCUT2D eigenvalue weighted by atomic mass is 16.5. The molecule has 0 saturated carbocycles. The number of fused-ring (bicyclic) bond motifs is 1. The minimum Gasteiger partial charge on any atom is -0.497 e. The lowest BCUT2D eigenvalue weighted by Crippen LogP contribution is -2.24. The van der Waals surface area contributed by atoms with Gasteiger partial charge in [0.25, 0.3) is 5.56 Å². The van der Waals surface area contributed by atoms with Crippen molar-refractivity contribution in [1.82, 2.24) is 14.9 Å². The first-order valence-electron chi connectivity index (χ1n) is 8.83. The normalized spacial score (nSPS) is 10.9. The Morgan fingerprint density at radius 2 is 1.86 bits per heavy atom. The van der Waals surface area contributed by atoms with Crippen molar-refractivity contribution in [2.75, 3.05) is 7.11 Å². The number of rotatable bonds is 5. The van der Waals surface area contributed by atoms with Crippen molar-refractivity contribution in [2.45, 2.75) is 13.5 Å². The number of aromatic nitrogens is 3. The molecule has 0 unspecified atom stereocenters. The van der Waals surface area contributed by atoms with Crippen molar-refractivity contribution in [3.05, 3.63) is 82.4 Å². The third kappa shape index (κ3) is 3.09. The van der Waals surface area contributed by atoms with Gasteiger partial charge >= 0.3 is 0 Å². The molecule has 0 aliphatic rings. The maximum atomic E-state index is 12.9. The third-order valence-corrected chi connectivity index (χ3v) is 4.67. The summed E-state index contributed by atoms with van der Waals surface area (Å²) in [5.41, 5.74) is 3.48. The van der Waals surface area contributed by atoms with Crippen LogP contribution in [-0.4, -0.2) is 22.0 Å². The summed E-state index contributed by atoms with van der Waals surface area (Å²) in [7, 11) is 1.62. The van der Waals surface area contributed by atoms with Crippen LogP contribution in [0.1, 0.15) is 16.9 Å². The Morgan fingerprint density at radius 1 is 1.14 bits per heavy atom. The van der Waals surface area contributed by atoms with E-state index in [1.807, 2.05) is 48.5 Å². The summed E-state index contributed by atoms with van der Waals surface area (Å²) in [6.07, 6.45) is 1.78. The molecule has 0 amide bonds. The number of benzene rings is 2. The summed E-state index contributed by atoms with van der Waals surface area (Å²) in [4.78, 5) is 12.9. The van der Waals surface area contributed by atoms with E-state index in [9.17, 15) is 4.79 Å². The number of hydrogen-bond donors (Lipinski definition) is 0. The van der Waals surface area contributed by atoms with Gasteiger partial charge in [-0.25, -0.2) is 4.68 Å². The van der Waals surface area contributed by atoms with E-state index < -0.39 is 0 Å². The Bertz CT molecular complexity index is 1200. The van der Waals surface area contributed by atoms with Crippen LogP contribution < -0.4 is 10.3 Å². The molecule has 140 valence electrons. The molecule has 2 aromatic carbocycles. The quantitative estimate of drug-likeness (QED) is 0.528. The van der Waals surface area contributed by atoms with Crippen molar-refractivity contribution in [3.63, 3.8) is 0 Å². The van der Waals surface area contributed by atoms with E-state index in [-0.39, 0.29) is 11.1 Å². The van der Waals surface area contributed by atoms with Gasteiger partial charge in [0, 0.05) is 5.56 Å². The van der Waals surface area contributed by atoms with E-state index >= 15 is 0 Å². The second-order valence-electron chi connectivity index (χ2n) is 6.45. The summed E-state index contributed by atoms with van der Waals surface area (Å²) in [5.74, 6) is 1.31. The van der Waals surface area contributed by atoms with Crippen LogP contribution in [0.15, 0.2) is 64.4 Å². The summed E-state index contributed by atoms with van der Waals surface area (Å²) in [6.45, 7) is 5.87. The van der Waals surface area contributed by atoms with E-state index in [4.69, 9.17) is 9.26 Å². The molecule has 2 aromatic heterocycles. The highest BCUT2D eigenvalue weighted by Gasteiger charge is 2.19. The lowest BCUT2D eigenvalue weighted by Gasteiger charge is -2.10. The maximum absolute atomic E-state index is 12.9. The highest BCUT2D eigenvalue weighted by Crippen LogP contribution is 2.28. The zero-order chi connectivity index (χ0) is 19.7. The van der Waals surface area contributed by atoms with Crippen LogP contribution in [0.5, 0.6) is 5.75 Å². The van der Waals surface area contributed by atoms with Crippen molar-refractivity contribution in [2.24, 2.45) is 0 Å². The predicted molar refractivity (Wildman–Crippen MR) is 108 cm³/mol. The van der Waals surface area contributed by atoms with E-state index in [2.05, 4.69) is 16.8 Å². The molecular weight excluding hydrogens is 354 g/mol. The molecule has 28 heavy (non-hydrogen) atoms. The van der Waals surface area contributed by atoms with Gasteiger partial charge in [-0.05, 0) is 42.3 Å². The van der Waals surface area contributed by atoms with Crippen LogP contribution in [-0.2, 0) is 6.54 Å². The summed E-state index contributed by atoms with van der Waals surface area (Å²) in [6, 6.07) is 15.3. The Labute approximate surface area is 161 Å². The first-order chi connectivity index (χ1) is 13.6. The molecule has 6 heteroatoms. The smallest absolute Gasteiger partial charge is 0.297 e. The Morgan fingerprint density at radius 3 is 2.50 bits per heavy atom. The fourth-order valence-electron chi connectivity index (χ4n) is 3.13. The van der Waals surface area contributed by atoms with Gasteiger partial charge in [0.05, 0.1) is 19.0 Å². The molecule has 0 atom stereocenters. The molecule has 0 bridgehead atoms. The zero-order valence-corrected chi connectivity index (χ0v) is 15.7. The van der Waals surface area contributed by atoms with Crippen molar-refractivity contribution >= 4 is 17.0 Å². The monoisotopic (exact) mass is 373 g/mol. The van der Waals surface area contributed by atoms with Gasteiger partial charge in [-0.15, -0.1) is 0 Å². The fraction of sp³-hybridized carbons (Fsp3) is 0.136. The van der Waals surface area contributed by atoms with E-state index in [1.54, 1.807) is 20.1 Å². The second kappa shape index (κ2) is 7.15. The van der Waals surface area contributed by atoms with Crippen molar-refractivity contribution < 1.29 is 9.26 Å². The van der Waals surface area contributed by atoms with Gasteiger partial charge < -0.3 is 9.26 Å². The molecule has 0 aliphatic heterocycles. The van der Waals surface area contributed by atoms with Crippen LogP contribution in [0.3, 0.4) is 0 Å². The lowest BCUT2D eigenvalue weighted by molar-refractivity contribution is 0.405. The summed E-state index contributed by atoms with van der Waals surface area (Å²) in [5, 5.41) is 9.25. The molecule has 0 N–H and O–H groups in total. The summed E-state index contributed by atoms with van der Waals surface area (Å²) < 4.78 is 12.0. The molecular formula is C22H19N3O3. The van der Waals surface area contributed by atoms with Crippen molar-refractivity contribution in [1.29, 1.82) is 0 Å². The molecule has 0 saturated heterocycles. The van der Waals surface area contributed by atoms with Crippen LogP contribution in [0, 0.1) is 6.92 Å². The Hall–Kier alpha value is -3.67. The molecule has 0 spiro atoms. The average molecular weight is 373 g/mol. The average Bonchev–Trinajstić information content (AvgIpc) is 3.13. The lowest BCUT2D eigenvalue weighted by atomic mass is 10.1. The third-order valence-electron chi connectivity index (χ3n) is 4.67. The fourth-order valence-corrected chi connectivity index (χ4v) is 3.13. The minimum atomic E-state index is -0.281. The molecule has 0 fully saturated rings. The number of nitrogens with zero attached hydrogens (tertiary/aromatic N) is 3. The standard InChI is InChI=1S/C22H19N3O3/c1-4-15-5-7-16(8-6-15)13-25-22(26)21-19(14(2)28-24-21)20(23-25)17-9-11-18(27-3)12-10-17/h4-12H,1,13H2,2-3H3. The van der Waals surface area contributed by atoms with Crippen LogP contribution in [0.25, 0.3) is 28.2 Å². The molecule has 2 heterocycles. The van der Waals surface area contributed by atoms with E-state index in [0.717, 1.165) is 22.4 Å². The van der Waals surface area contributed by atoms with Gasteiger partial charge in [0.1, 0.15) is 17.2 Å². The first kappa shape index (κ1) is 17.7. The van der Waals surface area contributed by atoms with Gasteiger partial charge in [-0.3, -0.25) is 4.79 Å². The SMILES string of the molecule is C=Cc1ccc(Cn2nc(-c3ccc(OC)cc3)c3c(C)onc3c2=O)cc1. The second-order valence-corrected chi connectivity index (χ2v) is 6.45. The largest absolute Gasteiger partial charge is 0.497 e. The number of ether oxygens (including phenoxy) is 1. The number of aryl methyl sites for hydroxylation is 1. The van der Waals surface area contributed by atoms with Gasteiger partial charge in [-0.2, -0.15) is 5.10 Å². The maximum Gasteiger partial charge on any atom is 0.297 e. The van der Waals surface area contributed by atoms with E-state index in [1.165, 1.54) is 4.68 Å². The van der Waals surface area contributed by atoms with E-state index in [0.29, 0.717) is 23.4 Å². The van der Waals surface area contributed by atoms with Gasteiger partial charge in [0.2, 0.25) is 0 Å². The minimum absolute atomic E-state index is 0.279. The van der Waals surface area contributed by atoms with Crippen LogP contribution >= 0.6 is 0 Å². The zero-order valence-electron chi connectivity index (χ0n) is 15.7. The molecule has 4 aromatic rings. The van der Waals surface area contributed by atoms with Crippen LogP contribution in [0.2, 0.25) is 0 Å². The van der Waals surface area contributed by atoms with Gasteiger partial charge in [-0.1, -0.05) is 42.1 Å². The molecule has 0 aliphatic carbocycles. The molecule has 0 radical (unpaired) electrons. The number of methoxy groups -OCH3 is 1. The van der Waals surface area contributed by atoms with Crippen LogP contribution in [0.4, 0.5) is 0 Å². The Kier molecular flexibility index (Phi) is 4.53. The topological polar surface area (TPSA) is 70.2 Å². The predicted octanol–water partition coefficient (Wildman–Crippen LogP) is 4.06. The molecule has 6 nitrogen and oxygen atoms in total. The highest BCUT2D eigenvalue weighted by molar-refractivity contribution is 5.93. The Balaban J connectivity index is 1.86. The van der Waals surface area contributed by atoms with Crippen molar-refractivity contribution in [3.8, 4) is 17.0 Å².